The third-order valence-electron chi connectivity index (χ3n) is 3.82. The number of alkyl halides is 3. The van der Waals surface area contributed by atoms with E-state index in [4.69, 9.17) is 0 Å². The number of ether oxygens (including phenoxy) is 1. The molecule has 2 rings (SSSR count). The van der Waals surface area contributed by atoms with Crippen molar-refractivity contribution in [3.63, 3.8) is 0 Å². The first-order chi connectivity index (χ1) is 11.1. The molecule has 1 unspecified atom stereocenters. The Bertz CT molecular complexity index is 585. The predicted octanol–water partition coefficient (Wildman–Crippen LogP) is 3.39. The highest BCUT2D eigenvalue weighted by Crippen LogP contribution is 2.28. The van der Waals surface area contributed by atoms with Crippen LogP contribution in [0.5, 0.6) is 5.75 Å². The number of halogens is 3. The molecule has 0 spiro atoms. The minimum atomic E-state index is -4.42. The molecule has 2 amide bonds. The van der Waals surface area contributed by atoms with Gasteiger partial charge in [-0.25, -0.2) is 4.79 Å². The number of nitrogens with one attached hydrogen (secondary N) is 1. The van der Waals surface area contributed by atoms with Gasteiger partial charge in [0.2, 0.25) is 0 Å². The number of nitrogens with zero attached hydrogens (tertiary/aromatic N) is 1. The summed E-state index contributed by atoms with van der Waals surface area (Å²) in [5, 5.41) is 12.8. The first-order valence-electron chi connectivity index (χ1n) is 7.66. The molecule has 1 fully saturated rings. The lowest BCUT2D eigenvalue weighted by molar-refractivity contribution is -0.153. The van der Waals surface area contributed by atoms with Crippen molar-refractivity contribution in [2.24, 2.45) is 0 Å². The fourth-order valence-corrected chi connectivity index (χ4v) is 2.77. The van der Waals surface area contributed by atoms with Crippen LogP contribution in [0.25, 0.3) is 0 Å². The van der Waals surface area contributed by atoms with E-state index in [2.05, 4.69) is 10.1 Å². The summed E-state index contributed by atoms with van der Waals surface area (Å²) in [7, 11) is 0. The summed E-state index contributed by atoms with van der Waals surface area (Å²) < 4.78 is 41.2. The minimum absolute atomic E-state index is 0.0191. The zero-order valence-corrected chi connectivity index (χ0v) is 13.6. The van der Waals surface area contributed by atoms with Gasteiger partial charge in [0.25, 0.3) is 0 Å². The SMILES string of the molecule is CC(C)(O)C1CCCN1C(=O)Nc1cccc(OCC(F)(F)F)c1. The van der Waals surface area contributed by atoms with Gasteiger partial charge in [-0.3, -0.25) is 0 Å². The smallest absolute Gasteiger partial charge is 0.422 e. The van der Waals surface area contributed by atoms with Gasteiger partial charge in [0, 0.05) is 18.3 Å². The summed E-state index contributed by atoms with van der Waals surface area (Å²) in [4.78, 5) is 13.9. The van der Waals surface area contributed by atoms with Crippen molar-refractivity contribution in [2.75, 3.05) is 18.5 Å². The second-order valence-corrected chi connectivity index (χ2v) is 6.37. The van der Waals surface area contributed by atoms with Gasteiger partial charge in [-0.05, 0) is 38.8 Å². The van der Waals surface area contributed by atoms with Gasteiger partial charge in [-0.2, -0.15) is 13.2 Å². The zero-order valence-electron chi connectivity index (χ0n) is 13.6. The maximum atomic E-state index is 12.4. The molecule has 1 aliphatic rings. The molecular formula is C16H21F3N2O3. The Morgan fingerprint density at radius 3 is 2.75 bits per heavy atom. The van der Waals surface area contributed by atoms with Gasteiger partial charge in [-0.1, -0.05) is 6.07 Å². The van der Waals surface area contributed by atoms with Crippen molar-refractivity contribution < 1.29 is 27.8 Å². The first kappa shape index (κ1) is 18.4. The maximum Gasteiger partial charge on any atom is 0.422 e. The van der Waals surface area contributed by atoms with E-state index < -0.39 is 24.4 Å². The quantitative estimate of drug-likeness (QED) is 0.878. The highest BCUT2D eigenvalue weighted by atomic mass is 19.4. The Hall–Kier alpha value is -1.96. The monoisotopic (exact) mass is 346 g/mol. The summed E-state index contributed by atoms with van der Waals surface area (Å²) in [6.45, 7) is 2.42. The molecule has 0 aliphatic carbocycles. The van der Waals surface area contributed by atoms with E-state index in [0.29, 0.717) is 18.7 Å². The van der Waals surface area contributed by atoms with Crippen LogP contribution in [0.4, 0.5) is 23.7 Å². The first-order valence-corrected chi connectivity index (χ1v) is 7.66. The Balaban J connectivity index is 2.01. The lowest BCUT2D eigenvalue weighted by Gasteiger charge is -2.33. The number of hydrogen-bond acceptors (Lipinski definition) is 3. The van der Waals surface area contributed by atoms with Crippen molar-refractivity contribution in [1.82, 2.24) is 4.90 Å². The van der Waals surface area contributed by atoms with E-state index in [0.717, 1.165) is 6.42 Å². The Kier molecular flexibility index (Phi) is 5.27. The van der Waals surface area contributed by atoms with E-state index in [9.17, 15) is 23.1 Å². The molecule has 134 valence electrons. The Labute approximate surface area is 138 Å². The molecule has 1 aromatic rings. The molecule has 24 heavy (non-hydrogen) atoms. The summed E-state index contributed by atoms with van der Waals surface area (Å²) >= 11 is 0. The lowest BCUT2D eigenvalue weighted by atomic mass is 9.97. The van der Waals surface area contributed by atoms with Gasteiger partial charge in [0.05, 0.1) is 11.6 Å². The van der Waals surface area contributed by atoms with E-state index in [1.807, 2.05) is 0 Å². The Morgan fingerprint density at radius 1 is 1.42 bits per heavy atom. The number of likely N-dealkylation sites (tertiary alicyclic amines) is 1. The molecule has 8 heteroatoms. The van der Waals surface area contributed by atoms with Crippen LogP contribution >= 0.6 is 0 Å². The third kappa shape index (κ3) is 5.02. The molecular weight excluding hydrogens is 325 g/mol. The number of aliphatic hydroxyl groups is 1. The van der Waals surface area contributed by atoms with Crippen LogP contribution in [0, 0.1) is 0 Å². The van der Waals surface area contributed by atoms with Crippen LogP contribution < -0.4 is 10.1 Å². The second kappa shape index (κ2) is 6.88. The van der Waals surface area contributed by atoms with Crippen molar-refractivity contribution in [3.05, 3.63) is 24.3 Å². The van der Waals surface area contributed by atoms with E-state index in [1.165, 1.54) is 18.2 Å². The highest BCUT2D eigenvalue weighted by molar-refractivity contribution is 5.90. The average molecular weight is 346 g/mol. The van der Waals surface area contributed by atoms with E-state index in [1.54, 1.807) is 24.8 Å². The predicted molar refractivity (Wildman–Crippen MR) is 83.0 cm³/mol. The van der Waals surface area contributed by atoms with Gasteiger partial charge in [0.15, 0.2) is 6.61 Å². The van der Waals surface area contributed by atoms with Crippen LogP contribution in [-0.2, 0) is 0 Å². The molecule has 1 heterocycles. The van der Waals surface area contributed by atoms with Gasteiger partial charge in [0.1, 0.15) is 5.75 Å². The number of carbonyl (C=O) groups is 1. The van der Waals surface area contributed by atoms with Crippen LogP contribution in [0.1, 0.15) is 26.7 Å². The summed E-state index contributed by atoms with van der Waals surface area (Å²) in [5.41, 5.74) is -0.688. The molecule has 1 aliphatic heterocycles. The van der Waals surface area contributed by atoms with Crippen LogP contribution in [0.2, 0.25) is 0 Å². The third-order valence-corrected chi connectivity index (χ3v) is 3.82. The maximum absolute atomic E-state index is 12.4. The van der Waals surface area contributed by atoms with Gasteiger partial charge >= 0.3 is 12.2 Å². The lowest BCUT2D eigenvalue weighted by Crippen LogP contribution is -2.49. The fraction of sp³-hybridized carbons (Fsp3) is 0.562. The molecule has 1 saturated heterocycles. The highest BCUT2D eigenvalue weighted by Gasteiger charge is 2.38. The molecule has 1 atom stereocenters. The number of rotatable bonds is 4. The topological polar surface area (TPSA) is 61.8 Å². The van der Waals surface area contributed by atoms with Crippen LogP contribution in [-0.4, -0.2) is 47.0 Å². The van der Waals surface area contributed by atoms with Crippen LogP contribution in [0.3, 0.4) is 0 Å². The van der Waals surface area contributed by atoms with Crippen molar-refractivity contribution >= 4 is 11.7 Å². The van der Waals surface area contributed by atoms with Crippen molar-refractivity contribution in [1.29, 1.82) is 0 Å². The van der Waals surface area contributed by atoms with E-state index >= 15 is 0 Å². The molecule has 0 radical (unpaired) electrons. The van der Waals surface area contributed by atoms with Crippen molar-refractivity contribution in [2.45, 2.75) is 44.5 Å². The number of amides is 2. The number of benzene rings is 1. The summed E-state index contributed by atoms with van der Waals surface area (Å²) in [6.07, 6.45) is -2.93. The van der Waals surface area contributed by atoms with Crippen LogP contribution in [0.15, 0.2) is 24.3 Å². The minimum Gasteiger partial charge on any atom is -0.484 e. The standard InChI is InChI=1S/C16H21F3N2O3/c1-15(2,23)13-7-4-8-21(13)14(22)20-11-5-3-6-12(9-11)24-10-16(17,18)19/h3,5-6,9,13,23H,4,7-8,10H2,1-2H3,(H,20,22). The fourth-order valence-electron chi connectivity index (χ4n) is 2.77. The summed E-state index contributed by atoms with van der Waals surface area (Å²) in [5.74, 6) is 0.0191. The second-order valence-electron chi connectivity index (χ2n) is 6.37. The zero-order chi connectivity index (χ0) is 18.0. The normalized spacial score (nSPS) is 18.6. The number of urea groups is 1. The van der Waals surface area contributed by atoms with Gasteiger partial charge in [-0.15, -0.1) is 0 Å². The molecule has 5 nitrogen and oxygen atoms in total. The number of hydrogen-bond donors (Lipinski definition) is 2. The molecule has 2 N–H and O–H groups in total. The largest absolute Gasteiger partial charge is 0.484 e. The average Bonchev–Trinajstić information content (AvgIpc) is 2.94. The van der Waals surface area contributed by atoms with Crippen molar-refractivity contribution in [3.8, 4) is 5.75 Å². The Morgan fingerprint density at radius 2 is 2.12 bits per heavy atom. The number of anilines is 1. The molecule has 0 saturated carbocycles. The molecule has 0 aromatic heterocycles. The van der Waals surface area contributed by atoms with E-state index in [-0.39, 0.29) is 11.8 Å². The molecule has 1 aromatic carbocycles. The molecule has 0 bridgehead atoms. The van der Waals surface area contributed by atoms with Gasteiger partial charge < -0.3 is 20.1 Å². The summed E-state index contributed by atoms with van der Waals surface area (Å²) in [6, 6.07) is 5.08. The number of carbonyl (C=O) groups excluding carboxylic acids is 1.